The molecule has 2 rings (SSSR count). The van der Waals surface area contributed by atoms with Crippen molar-refractivity contribution < 1.29 is 9.59 Å². The topological polar surface area (TPSA) is 34.1 Å². The summed E-state index contributed by atoms with van der Waals surface area (Å²) in [6, 6.07) is 0. The molecule has 0 aromatic heterocycles. The Morgan fingerprint density at radius 3 is 2.56 bits per heavy atom. The summed E-state index contributed by atoms with van der Waals surface area (Å²) in [5.74, 6) is 0.300. The van der Waals surface area contributed by atoms with E-state index in [1.165, 1.54) is 0 Å². The minimum atomic E-state index is -0.227. The predicted molar refractivity (Wildman–Crippen MR) is 30.5 cm³/mol. The number of hydrogen-bond acceptors (Lipinski definition) is 2. The van der Waals surface area contributed by atoms with Gasteiger partial charge in [-0.3, -0.25) is 9.59 Å². The number of ketones is 2. The molecule has 2 unspecified atom stereocenters. The fraction of sp³-hybridized carbons (Fsp3) is 0.571. The average molecular weight is 123 g/mol. The molecule has 1 radical (unpaired) electrons. The maximum absolute atomic E-state index is 10.8. The number of hydrogen-bond donors (Lipinski definition) is 0. The average Bonchev–Trinajstić information content (AvgIpc) is 2.22. The molecule has 2 fully saturated rings. The third-order valence-electron chi connectivity index (χ3n) is 2.13. The van der Waals surface area contributed by atoms with Crippen molar-refractivity contribution in [3.63, 3.8) is 0 Å². The van der Waals surface area contributed by atoms with Crippen LogP contribution in [0.3, 0.4) is 0 Å². The van der Waals surface area contributed by atoms with Crippen molar-refractivity contribution in [3.8, 4) is 0 Å². The van der Waals surface area contributed by atoms with E-state index in [9.17, 15) is 9.59 Å². The van der Waals surface area contributed by atoms with Gasteiger partial charge in [-0.05, 0) is 12.3 Å². The molecule has 2 atom stereocenters. The minimum Gasteiger partial charge on any atom is -0.299 e. The Labute approximate surface area is 53.2 Å². The first kappa shape index (κ1) is 5.15. The Morgan fingerprint density at radius 2 is 2.22 bits per heavy atom. The van der Waals surface area contributed by atoms with Crippen LogP contribution in [0.4, 0.5) is 0 Å². The highest BCUT2D eigenvalue weighted by Gasteiger charge is 2.44. The van der Waals surface area contributed by atoms with Crippen molar-refractivity contribution in [2.45, 2.75) is 12.8 Å². The van der Waals surface area contributed by atoms with E-state index in [0.717, 1.165) is 6.42 Å². The summed E-state index contributed by atoms with van der Waals surface area (Å²) in [5.41, 5.74) is 0. The highest BCUT2D eigenvalue weighted by molar-refractivity contribution is 6.11. The number of carbonyl (C=O) groups is 2. The lowest BCUT2D eigenvalue weighted by atomic mass is 9.98. The first-order valence-corrected chi connectivity index (χ1v) is 3.19. The lowest BCUT2D eigenvalue weighted by molar-refractivity contribution is -0.129. The highest BCUT2D eigenvalue weighted by atomic mass is 16.2. The second kappa shape index (κ2) is 1.43. The molecule has 0 saturated heterocycles. The molecule has 0 aliphatic heterocycles. The zero-order chi connectivity index (χ0) is 6.43. The van der Waals surface area contributed by atoms with Crippen LogP contribution < -0.4 is 0 Å². The van der Waals surface area contributed by atoms with Crippen LogP contribution in [0.2, 0.25) is 0 Å². The van der Waals surface area contributed by atoms with E-state index in [2.05, 4.69) is 0 Å². The summed E-state index contributed by atoms with van der Waals surface area (Å²) in [5, 5.41) is 0. The lowest BCUT2D eigenvalue weighted by Gasteiger charge is -2.03. The number of Topliss-reactive ketones (excluding diaryl/α,β-unsaturated/α-hetero) is 2. The van der Waals surface area contributed by atoms with Gasteiger partial charge in [-0.15, -0.1) is 0 Å². The molecule has 0 heterocycles. The van der Waals surface area contributed by atoms with Crippen LogP contribution in [0.15, 0.2) is 0 Å². The van der Waals surface area contributed by atoms with Crippen molar-refractivity contribution in [1.29, 1.82) is 0 Å². The molecule has 2 nitrogen and oxygen atoms in total. The van der Waals surface area contributed by atoms with Gasteiger partial charge in [-0.25, -0.2) is 0 Å². The van der Waals surface area contributed by atoms with E-state index < -0.39 is 0 Å². The van der Waals surface area contributed by atoms with E-state index in [0.29, 0.717) is 12.3 Å². The molecule has 0 aromatic rings. The van der Waals surface area contributed by atoms with Crippen molar-refractivity contribution in [2.24, 2.45) is 11.8 Å². The van der Waals surface area contributed by atoms with E-state index >= 15 is 0 Å². The second-order valence-electron chi connectivity index (χ2n) is 2.79. The summed E-state index contributed by atoms with van der Waals surface area (Å²) < 4.78 is 0. The normalized spacial score (nSPS) is 40.4. The third-order valence-corrected chi connectivity index (χ3v) is 2.13. The summed E-state index contributed by atoms with van der Waals surface area (Å²) in [7, 11) is 0. The zero-order valence-corrected chi connectivity index (χ0v) is 4.96. The minimum absolute atomic E-state index is 0.0660. The standard InChI is InChI=1S/C7H7O2/c8-6-2-4-1-5(6)7(9)3-4/h2,4-5H,1,3H2. The van der Waals surface area contributed by atoms with E-state index in [1.807, 2.05) is 0 Å². The van der Waals surface area contributed by atoms with Gasteiger partial charge in [0.05, 0.1) is 5.92 Å². The maximum Gasteiger partial charge on any atom is 0.147 e. The van der Waals surface area contributed by atoms with Crippen molar-refractivity contribution in [1.82, 2.24) is 0 Å². The van der Waals surface area contributed by atoms with Crippen LogP contribution in [0, 0.1) is 18.3 Å². The Morgan fingerprint density at radius 1 is 1.44 bits per heavy atom. The van der Waals surface area contributed by atoms with Crippen LogP contribution in [-0.2, 0) is 9.59 Å². The molecule has 0 N–H and O–H groups in total. The quantitative estimate of drug-likeness (QED) is 0.436. The molecule has 2 aliphatic carbocycles. The fourth-order valence-corrected chi connectivity index (χ4v) is 1.67. The van der Waals surface area contributed by atoms with Crippen molar-refractivity contribution in [3.05, 3.63) is 6.42 Å². The Balaban J connectivity index is 2.31. The molecular weight excluding hydrogens is 116 g/mol. The Bertz CT molecular complexity index is 165. The van der Waals surface area contributed by atoms with Gasteiger partial charge in [-0.2, -0.15) is 0 Å². The number of carbonyl (C=O) groups excluding carboxylic acids is 2. The number of rotatable bonds is 0. The SMILES string of the molecule is O=C1[CH]C2CC(=O)C1C2. The van der Waals surface area contributed by atoms with Gasteiger partial charge in [-0.1, -0.05) is 0 Å². The Kier molecular flexibility index (Phi) is 0.821. The Hall–Kier alpha value is -0.660. The third kappa shape index (κ3) is 0.560. The largest absolute Gasteiger partial charge is 0.299 e. The fourth-order valence-electron chi connectivity index (χ4n) is 1.67. The highest BCUT2D eigenvalue weighted by Crippen LogP contribution is 2.38. The van der Waals surface area contributed by atoms with Gasteiger partial charge in [0, 0.05) is 12.8 Å². The van der Waals surface area contributed by atoms with Gasteiger partial charge in [0.2, 0.25) is 0 Å². The molecular formula is C7H7O2. The molecule has 0 amide bonds. The summed E-state index contributed by atoms with van der Waals surface area (Å²) in [6.45, 7) is 0. The lowest BCUT2D eigenvalue weighted by Crippen LogP contribution is -2.19. The van der Waals surface area contributed by atoms with E-state index in [1.54, 1.807) is 6.42 Å². The predicted octanol–water partition coefficient (Wildman–Crippen LogP) is 0.369. The van der Waals surface area contributed by atoms with Crippen LogP contribution in [0.1, 0.15) is 12.8 Å². The summed E-state index contributed by atoms with van der Waals surface area (Å²) in [4.78, 5) is 21.6. The van der Waals surface area contributed by atoms with Crippen molar-refractivity contribution >= 4 is 11.6 Å². The van der Waals surface area contributed by atoms with Gasteiger partial charge in [0.15, 0.2) is 0 Å². The molecule has 0 aromatic carbocycles. The van der Waals surface area contributed by atoms with Gasteiger partial charge in [0.25, 0.3) is 0 Å². The van der Waals surface area contributed by atoms with Gasteiger partial charge in [0.1, 0.15) is 11.6 Å². The molecule has 2 saturated carbocycles. The summed E-state index contributed by atoms with van der Waals surface area (Å²) in [6.07, 6.45) is 3.13. The number of fused-ring (bicyclic) bond motifs is 2. The van der Waals surface area contributed by atoms with Crippen LogP contribution in [-0.4, -0.2) is 11.6 Å². The molecule has 47 valence electrons. The zero-order valence-electron chi connectivity index (χ0n) is 4.96. The van der Waals surface area contributed by atoms with Gasteiger partial charge < -0.3 is 0 Å². The molecule has 9 heavy (non-hydrogen) atoms. The first-order chi connectivity index (χ1) is 4.27. The van der Waals surface area contributed by atoms with Crippen LogP contribution in [0.25, 0.3) is 0 Å². The second-order valence-corrected chi connectivity index (χ2v) is 2.79. The monoisotopic (exact) mass is 123 g/mol. The van der Waals surface area contributed by atoms with Gasteiger partial charge >= 0.3 is 0 Å². The molecule has 0 spiro atoms. The molecule has 2 aliphatic rings. The molecule has 2 heteroatoms. The van der Waals surface area contributed by atoms with E-state index in [4.69, 9.17) is 0 Å². The molecule has 2 bridgehead atoms. The van der Waals surface area contributed by atoms with Crippen molar-refractivity contribution in [2.75, 3.05) is 0 Å². The van der Waals surface area contributed by atoms with Crippen LogP contribution >= 0.6 is 0 Å². The van der Waals surface area contributed by atoms with E-state index in [-0.39, 0.29) is 17.5 Å². The maximum atomic E-state index is 10.8. The first-order valence-electron chi connectivity index (χ1n) is 3.19. The summed E-state index contributed by atoms with van der Waals surface area (Å²) >= 11 is 0. The van der Waals surface area contributed by atoms with Crippen LogP contribution in [0.5, 0.6) is 0 Å². The smallest absolute Gasteiger partial charge is 0.147 e.